The molecule has 2 saturated heterocycles. The van der Waals surface area contributed by atoms with E-state index in [9.17, 15) is 5.26 Å². The minimum atomic E-state index is 0.170. The number of anilines is 3. The second-order valence-corrected chi connectivity index (χ2v) is 10.6. The summed E-state index contributed by atoms with van der Waals surface area (Å²) in [5, 5.41) is 18.9. The predicted octanol–water partition coefficient (Wildman–Crippen LogP) is 3.39. The molecule has 2 atom stereocenters. The molecule has 3 aliphatic heterocycles. The van der Waals surface area contributed by atoms with Crippen LogP contribution in [0.3, 0.4) is 0 Å². The first kappa shape index (κ1) is 24.0. The molecule has 4 heterocycles. The van der Waals surface area contributed by atoms with Crippen molar-refractivity contribution >= 4 is 28.2 Å². The van der Waals surface area contributed by atoms with Crippen molar-refractivity contribution < 1.29 is 0 Å². The molecule has 8 heteroatoms. The highest BCUT2D eigenvalue weighted by molar-refractivity contribution is 5.94. The molecular formula is C29H36N8. The van der Waals surface area contributed by atoms with Gasteiger partial charge < -0.3 is 25.3 Å². The van der Waals surface area contributed by atoms with Gasteiger partial charge in [-0.05, 0) is 44.3 Å². The van der Waals surface area contributed by atoms with Crippen LogP contribution in [0.4, 0.5) is 17.5 Å². The van der Waals surface area contributed by atoms with Gasteiger partial charge in [0.1, 0.15) is 5.82 Å². The molecule has 8 nitrogen and oxygen atoms in total. The first-order valence-corrected chi connectivity index (χ1v) is 13.6. The molecule has 0 radical (unpaired) electrons. The smallest absolute Gasteiger partial charge is 0.225 e. The number of nitriles is 1. The fourth-order valence-corrected chi connectivity index (χ4v) is 6.15. The Morgan fingerprint density at radius 3 is 2.84 bits per heavy atom. The highest BCUT2D eigenvalue weighted by Gasteiger charge is 2.29. The molecule has 2 fully saturated rings. The number of hydrogen-bond acceptors (Lipinski definition) is 8. The van der Waals surface area contributed by atoms with Crippen molar-refractivity contribution in [3.8, 4) is 6.07 Å². The fourth-order valence-electron chi connectivity index (χ4n) is 6.15. The van der Waals surface area contributed by atoms with Crippen molar-refractivity contribution in [2.24, 2.45) is 0 Å². The number of rotatable bonds is 6. The van der Waals surface area contributed by atoms with Crippen LogP contribution in [0.25, 0.3) is 10.8 Å². The Hall–Kier alpha value is -3.41. The molecule has 0 bridgehead atoms. The molecule has 192 valence electrons. The summed E-state index contributed by atoms with van der Waals surface area (Å²) in [4.78, 5) is 17.4. The van der Waals surface area contributed by atoms with Crippen LogP contribution in [0.1, 0.15) is 30.5 Å². The third-order valence-electron chi connectivity index (χ3n) is 8.21. The molecule has 2 aromatic carbocycles. The number of hydrogen-bond donors (Lipinski definition) is 2. The third kappa shape index (κ3) is 4.94. The summed E-state index contributed by atoms with van der Waals surface area (Å²) in [5.74, 6) is 1.78. The second kappa shape index (κ2) is 10.5. The average Bonchev–Trinajstić information content (AvgIpc) is 3.35. The number of fused-ring (bicyclic) bond motifs is 2. The van der Waals surface area contributed by atoms with Gasteiger partial charge in [0.05, 0.1) is 24.7 Å². The van der Waals surface area contributed by atoms with Gasteiger partial charge in [0, 0.05) is 61.4 Å². The number of likely N-dealkylation sites (tertiary alicyclic amines) is 1. The Labute approximate surface area is 219 Å². The number of nitrogens with zero attached hydrogens (tertiary/aromatic N) is 6. The standard InChI is InChI=1S/C29H36N8/c1-35-15-5-8-23(35)18-32-29-33-26-20-36(27-10-4-7-21-6-2-3-9-24(21)27)16-12-25(26)28(34-29)37-17-14-31-22(19-37)11-13-30/h2-4,6-7,9-10,22-23,31H,5,8,11-12,14-20H2,1H3,(H,32,33,34)/t22-,23?/m0/s1. The van der Waals surface area contributed by atoms with Crippen LogP contribution in [0.2, 0.25) is 0 Å². The minimum absolute atomic E-state index is 0.170. The number of likely N-dealkylation sites (N-methyl/N-ethyl adjacent to an activating group) is 1. The van der Waals surface area contributed by atoms with E-state index < -0.39 is 0 Å². The Bertz CT molecular complexity index is 1300. The van der Waals surface area contributed by atoms with E-state index in [0.29, 0.717) is 12.5 Å². The molecule has 3 aliphatic rings. The second-order valence-electron chi connectivity index (χ2n) is 10.6. The normalized spacial score (nSPS) is 22.2. The summed E-state index contributed by atoms with van der Waals surface area (Å²) < 4.78 is 0. The van der Waals surface area contributed by atoms with Gasteiger partial charge in [0.2, 0.25) is 5.95 Å². The maximum Gasteiger partial charge on any atom is 0.225 e. The van der Waals surface area contributed by atoms with Gasteiger partial charge in [-0.3, -0.25) is 0 Å². The molecule has 0 spiro atoms. The molecule has 1 aromatic heterocycles. The van der Waals surface area contributed by atoms with E-state index in [0.717, 1.165) is 69.7 Å². The largest absolute Gasteiger partial charge is 0.365 e. The zero-order valence-corrected chi connectivity index (χ0v) is 21.7. The first-order chi connectivity index (χ1) is 18.2. The summed E-state index contributed by atoms with van der Waals surface area (Å²) in [6, 6.07) is 18.2. The molecule has 0 aliphatic carbocycles. The van der Waals surface area contributed by atoms with E-state index in [1.165, 1.54) is 34.9 Å². The van der Waals surface area contributed by atoms with E-state index in [-0.39, 0.29) is 6.04 Å². The van der Waals surface area contributed by atoms with Crippen LogP contribution < -0.4 is 20.4 Å². The topological polar surface area (TPSA) is 83.3 Å². The van der Waals surface area contributed by atoms with Crippen LogP contribution >= 0.6 is 0 Å². The summed E-state index contributed by atoms with van der Waals surface area (Å²) in [6.07, 6.45) is 3.88. The highest BCUT2D eigenvalue weighted by atomic mass is 15.3. The summed E-state index contributed by atoms with van der Waals surface area (Å²) in [7, 11) is 2.20. The zero-order valence-electron chi connectivity index (χ0n) is 21.7. The van der Waals surface area contributed by atoms with Gasteiger partial charge in [-0.2, -0.15) is 10.2 Å². The Kier molecular flexibility index (Phi) is 6.81. The van der Waals surface area contributed by atoms with Crippen LogP contribution in [-0.4, -0.2) is 73.3 Å². The number of benzene rings is 2. The van der Waals surface area contributed by atoms with Gasteiger partial charge in [-0.15, -0.1) is 0 Å². The summed E-state index contributed by atoms with van der Waals surface area (Å²) >= 11 is 0. The van der Waals surface area contributed by atoms with E-state index in [2.05, 4.69) is 80.9 Å². The predicted molar refractivity (Wildman–Crippen MR) is 149 cm³/mol. The fraction of sp³-hybridized carbons (Fsp3) is 0.483. The average molecular weight is 497 g/mol. The van der Waals surface area contributed by atoms with Crippen molar-refractivity contribution in [2.45, 2.75) is 44.3 Å². The van der Waals surface area contributed by atoms with Gasteiger partial charge in [-0.25, -0.2) is 4.98 Å². The van der Waals surface area contributed by atoms with E-state index >= 15 is 0 Å². The molecule has 37 heavy (non-hydrogen) atoms. The van der Waals surface area contributed by atoms with Gasteiger partial charge in [-0.1, -0.05) is 36.4 Å². The first-order valence-electron chi connectivity index (χ1n) is 13.6. The SMILES string of the molecule is CN1CCCC1CNc1nc2c(c(N3CCN[C@@H](CC#N)C3)n1)CCN(c1cccc3ccccc13)C2. The lowest BCUT2D eigenvalue weighted by molar-refractivity contribution is 0.322. The monoisotopic (exact) mass is 496 g/mol. The summed E-state index contributed by atoms with van der Waals surface area (Å²) in [5.41, 5.74) is 3.64. The Morgan fingerprint density at radius 2 is 1.97 bits per heavy atom. The van der Waals surface area contributed by atoms with Crippen molar-refractivity contribution in [1.82, 2.24) is 20.2 Å². The van der Waals surface area contributed by atoms with Crippen molar-refractivity contribution in [3.63, 3.8) is 0 Å². The molecule has 3 aromatic rings. The van der Waals surface area contributed by atoms with Crippen molar-refractivity contribution in [3.05, 3.63) is 53.7 Å². The molecule has 1 unspecified atom stereocenters. The van der Waals surface area contributed by atoms with Gasteiger partial charge in [0.25, 0.3) is 0 Å². The van der Waals surface area contributed by atoms with Gasteiger partial charge >= 0.3 is 0 Å². The lowest BCUT2D eigenvalue weighted by Gasteiger charge is -2.37. The number of piperazine rings is 1. The maximum atomic E-state index is 9.27. The molecule has 0 amide bonds. The maximum absolute atomic E-state index is 9.27. The van der Waals surface area contributed by atoms with E-state index in [1.54, 1.807) is 0 Å². The molecule has 6 rings (SSSR count). The van der Waals surface area contributed by atoms with Gasteiger partial charge in [0.15, 0.2) is 0 Å². The van der Waals surface area contributed by atoms with E-state index in [4.69, 9.17) is 9.97 Å². The number of aromatic nitrogens is 2. The van der Waals surface area contributed by atoms with Crippen molar-refractivity contribution in [2.75, 3.05) is 61.4 Å². The van der Waals surface area contributed by atoms with E-state index in [1.807, 2.05) is 0 Å². The van der Waals surface area contributed by atoms with Crippen molar-refractivity contribution in [1.29, 1.82) is 5.26 Å². The molecule has 2 N–H and O–H groups in total. The van der Waals surface area contributed by atoms with Crippen LogP contribution in [0.15, 0.2) is 42.5 Å². The Balaban J connectivity index is 1.32. The minimum Gasteiger partial charge on any atom is -0.365 e. The van der Waals surface area contributed by atoms with Crippen LogP contribution in [0, 0.1) is 11.3 Å². The van der Waals surface area contributed by atoms with Crippen LogP contribution in [0.5, 0.6) is 0 Å². The quantitative estimate of drug-likeness (QED) is 0.537. The number of nitrogens with one attached hydrogen (secondary N) is 2. The highest BCUT2D eigenvalue weighted by Crippen LogP contribution is 2.34. The Morgan fingerprint density at radius 1 is 1.08 bits per heavy atom. The third-order valence-corrected chi connectivity index (χ3v) is 8.21. The molecular weight excluding hydrogens is 460 g/mol. The van der Waals surface area contributed by atoms with Crippen LogP contribution in [-0.2, 0) is 13.0 Å². The lowest BCUT2D eigenvalue weighted by atomic mass is 10.0. The molecule has 0 saturated carbocycles. The summed E-state index contributed by atoms with van der Waals surface area (Å²) in [6.45, 7) is 6.28. The lowest BCUT2D eigenvalue weighted by Crippen LogP contribution is -2.51. The zero-order chi connectivity index (χ0) is 25.2.